The van der Waals surface area contributed by atoms with Crippen molar-refractivity contribution >= 4 is 11.6 Å². The first-order chi connectivity index (χ1) is 11.5. The van der Waals surface area contributed by atoms with Crippen LogP contribution < -0.4 is 14.8 Å². The number of carbonyl (C=O) groups is 1. The van der Waals surface area contributed by atoms with Crippen LogP contribution in [0.25, 0.3) is 0 Å². The van der Waals surface area contributed by atoms with Crippen LogP contribution in [0.5, 0.6) is 11.5 Å². The predicted molar refractivity (Wildman–Crippen MR) is 84.7 cm³/mol. The van der Waals surface area contributed by atoms with Gasteiger partial charge in [0, 0.05) is 24.4 Å². The fraction of sp³-hybridized carbons (Fsp3) is 0.235. The molecule has 2 aromatic rings. The average molecular weight is 337 g/mol. The van der Waals surface area contributed by atoms with Crippen molar-refractivity contribution in [1.82, 2.24) is 0 Å². The second kappa shape index (κ2) is 8.26. The monoisotopic (exact) mass is 337 g/mol. The normalized spacial score (nSPS) is 10.5. The maximum atomic E-state index is 12.4. The summed E-state index contributed by atoms with van der Waals surface area (Å²) in [6.07, 6.45) is 0. The van der Waals surface area contributed by atoms with Gasteiger partial charge in [0.25, 0.3) is 5.91 Å². The van der Waals surface area contributed by atoms with E-state index in [2.05, 4.69) is 10.1 Å². The van der Waals surface area contributed by atoms with Gasteiger partial charge in [0.15, 0.2) is 11.5 Å². The highest BCUT2D eigenvalue weighted by atomic mass is 19.3. The van der Waals surface area contributed by atoms with Crippen LogP contribution in [-0.4, -0.2) is 26.7 Å². The number of alkyl halides is 2. The van der Waals surface area contributed by atoms with Crippen molar-refractivity contribution in [2.75, 3.05) is 19.5 Å². The van der Waals surface area contributed by atoms with Gasteiger partial charge < -0.3 is 19.5 Å². The Labute approximate surface area is 138 Å². The Balaban J connectivity index is 2.18. The molecule has 1 N–H and O–H groups in total. The summed E-state index contributed by atoms with van der Waals surface area (Å²) in [6, 6.07) is 11.2. The van der Waals surface area contributed by atoms with E-state index in [-0.39, 0.29) is 17.4 Å². The van der Waals surface area contributed by atoms with Crippen molar-refractivity contribution in [3.8, 4) is 11.5 Å². The largest absolute Gasteiger partial charge is 0.493 e. The van der Waals surface area contributed by atoms with Gasteiger partial charge in [0.2, 0.25) is 0 Å². The lowest BCUT2D eigenvalue weighted by Crippen LogP contribution is -2.12. The van der Waals surface area contributed by atoms with Gasteiger partial charge in [0.05, 0.1) is 13.7 Å². The van der Waals surface area contributed by atoms with Gasteiger partial charge in [0.1, 0.15) is 0 Å². The number of hydrogen-bond donors (Lipinski definition) is 1. The molecular weight excluding hydrogens is 320 g/mol. The number of ether oxygens (including phenoxy) is 3. The number of halogens is 2. The highest BCUT2D eigenvalue weighted by Crippen LogP contribution is 2.31. The molecule has 0 saturated carbocycles. The fourth-order valence-electron chi connectivity index (χ4n) is 2.11. The lowest BCUT2D eigenvalue weighted by Gasteiger charge is -2.12. The lowest BCUT2D eigenvalue weighted by atomic mass is 10.1. The molecule has 128 valence electrons. The third-order valence-corrected chi connectivity index (χ3v) is 3.14. The van der Waals surface area contributed by atoms with Crippen LogP contribution >= 0.6 is 0 Å². The molecule has 0 spiro atoms. The molecule has 0 atom stereocenters. The highest BCUT2D eigenvalue weighted by molar-refractivity contribution is 6.04. The van der Waals surface area contributed by atoms with E-state index in [4.69, 9.17) is 9.47 Å². The van der Waals surface area contributed by atoms with Gasteiger partial charge in [-0.3, -0.25) is 4.79 Å². The zero-order valence-electron chi connectivity index (χ0n) is 13.2. The minimum atomic E-state index is -2.99. The van der Waals surface area contributed by atoms with E-state index < -0.39 is 6.61 Å². The molecule has 0 bridgehead atoms. The summed E-state index contributed by atoms with van der Waals surface area (Å²) in [4.78, 5) is 12.3. The van der Waals surface area contributed by atoms with Crippen LogP contribution in [0.2, 0.25) is 0 Å². The summed E-state index contributed by atoms with van der Waals surface area (Å²) in [7, 11) is 2.90. The molecule has 0 aliphatic rings. The molecule has 7 heteroatoms. The molecule has 0 aliphatic carbocycles. The average Bonchev–Trinajstić information content (AvgIpc) is 2.55. The van der Waals surface area contributed by atoms with Gasteiger partial charge in [-0.1, -0.05) is 12.1 Å². The van der Waals surface area contributed by atoms with Gasteiger partial charge in [-0.05, 0) is 29.8 Å². The molecule has 24 heavy (non-hydrogen) atoms. The third kappa shape index (κ3) is 4.66. The Kier molecular flexibility index (Phi) is 6.08. The molecule has 2 aromatic carbocycles. The fourth-order valence-corrected chi connectivity index (χ4v) is 2.11. The van der Waals surface area contributed by atoms with Crippen LogP contribution in [0.1, 0.15) is 15.9 Å². The second-order valence-electron chi connectivity index (χ2n) is 4.83. The number of methoxy groups -OCH3 is 2. The van der Waals surface area contributed by atoms with Gasteiger partial charge >= 0.3 is 6.61 Å². The number of carbonyl (C=O) groups excluding carboxylic acids is 1. The molecule has 0 fully saturated rings. The van der Waals surface area contributed by atoms with Crippen molar-refractivity contribution in [2.45, 2.75) is 13.2 Å². The number of nitrogens with one attached hydrogen (secondary N) is 1. The molecule has 1 amide bonds. The smallest absolute Gasteiger partial charge is 0.387 e. The molecule has 0 saturated heterocycles. The van der Waals surface area contributed by atoms with Crippen molar-refractivity contribution in [2.24, 2.45) is 0 Å². The minimum absolute atomic E-state index is 0.149. The number of benzene rings is 2. The molecule has 0 unspecified atom stereocenters. The zero-order valence-corrected chi connectivity index (χ0v) is 13.2. The molecule has 2 rings (SSSR count). The second-order valence-corrected chi connectivity index (χ2v) is 4.83. The zero-order chi connectivity index (χ0) is 17.5. The van der Waals surface area contributed by atoms with Crippen LogP contribution in [-0.2, 0) is 11.3 Å². The van der Waals surface area contributed by atoms with Crippen molar-refractivity contribution in [3.63, 3.8) is 0 Å². The van der Waals surface area contributed by atoms with E-state index in [1.54, 1.807) is 25.3 Å². The maximum absolute atomic E-state index is 12.4. The Bertz CT molecular complexity index is 707. The topological polar surface area (TPSA) is 56.8 Å². The quantitative estimate of drug-likeness (QED) is 0.837. The number of rotatable bonds is 7. The Morgan fingerprint density at radius 1 is 1.12 bits per heavy atom. The van der Waals surface area contributed by atoms with E-state index >= 15 is 0 Å². The Morgan fingerprint density at radius 2 is 1.92 bits per heavy atom. The van der Waals surface area contributed by atoms with Crippen molar-refractivity contribution in [1.29, 1.82) is 0 Å². The third-order valence-electron chi connectivity index (χ3n) is 3.14. The standard InChI is InChI=1S/C17H17F2NO4/c1-22-10-11-4-3-5-12(8-11)16(21)20-13-6-7-14(23-2)15(9-13)24-17(18)19/h3-9,17H,10H2,1-2H3,(H,20,21). The summed E-state index contributed by atoms with van der Waals surface area (Å²) >= 11 is 0. The molecule has 0 heterocycles. The highest BCUT2D eigenvalue weighted by Gasteiger charge is 2.13. The van der Waals surface area contributed by atoms with E-state index in [1.807, 2.05) is 6.07 Å². The van der Waals surface area contributed by atoms with Crippen molar-refractivity contribution in [3.05, 3.63) is 53.6 Å². The first-order valence-electron chi connectivity index (χ1n) is 7.05. The van der Waals surface area contributed by atoms with E-state index in [0.717, 1.165) is 5.56 Å². The van der Waals surface area contributed by atoms with Crippen LogP contribution in [0, 0.1) is 0 Å². The molecule has 0 aromatic heterocycles. The van der Waals surface area contributed by atoms with Crippen LogP contribution in [0.15, 0.2) is 42.5 Å². The Hall–Kier alpha value is -2.67. The summed E-state index contributed by atoms with van der Waals surface area (Å²) in [5, 5.41) is 2.63. The summed E-state index contributed by atoms with van der Waals surface area (Å²) in [5.41, 5.74) is 1.59. The van der Waals surface area contributed by atoms with Gasteiger partial charge in [-0.15, -0.1) is 0 Å². The summed E-state index contributed by atoms with van der Waals surface area (Å²) in [5.74, 6) is -0.380. The number of amides is 1. The van der Waals surface area contributed by atoms with E-state index in [1.165, 1.54) is 25.3 Å². The van der Waals surface area contributed by atoms with E-state index in [0.29, 0.717) is 17.9 Å². The summed E-state index contributed by atoms with van der Waals surface area (Å²) < 4.78 is 39.2. The predicted octanol–water partition coefficient (Wildman–Crippen LogP) is 3.70. The number of hydrogen-bond acceptors (Lipinski definition) is 4. The molecule has 0 radical (unpaired) electrons. The minimum Gasteiger partial charge on any atom is -0.493 e. The van der Waals surface area contributed by atoms with Gasteiger partial charge in [-0.2, -0.15) is 8.78 Å². The number of anilines is 1. The first kappa shape index (κ1) is 17.7. The summed E-state index contributed by atoms with van der Waals surface area (Å²) in [6.45, 7) is -2.61. The molecule has 0 aliphatic heterocycles. The Morgan fingerprint density at radius 3 is 2.58 bits per heavy atom. The SMILES string of the molecule is COCc1cccc(C(=O)Nc2ccc(OC)c(OC(F)F)c2)c1. The lowest BCUT2D eigenvalue weighted by molar-refractivity contribution is -0.0511. The molecular formula is C17H17F2NO4. The molecule has 5 nitrogen and oxygen atoms in total. The first-order valence-corrected chi connectivity index (χ1v) is 7.05. The van der Waals surface area contributed by atoms with E-state index in [9.17, 15) is 13.6 Å². The van der Waals surface area contributed by atoms with Crippen LogP contribution in [0.4, 0.5) is 14.5 Å². The maximum Gasteiger partial charge on any atom is 0.387 e. The van der Waals surface area contributed by atoms with Crippen LogP contribution in [0.3, 0.4) is 0 Å². The van der Waals surface area contributed by atoms with Crippen molar-refractivity contribution < 1.29 is 27.8 Å². The van der Waals surface area contributed by atoms with Gasteiger partial charge in [-0.25, -0.2) is 0 Å².